The van der Waals surface area contributed by atoms with Crippen molar-refractivity contribution in [2.45, 2.75) is 12.6 Å². The van der Waals surface area contributed by atoms with Crippen molar-refractivity contribution in [2.75, 3.05) is 11.9 Å². The molecule has 5 nitrogen and oxygen atoms in total. The lowest BCUT2D eigenvalue weighted by Gasteiger charge is -2.10. The molecule has 8 heteroatoms. The van der Waals surface area contributed by atoms with Gasteiger partial charge in [-0.25, -0.2) is 0 Å². The van der Waals surface area contributed by atoms with Crippen LogP contribution in [0.2, 0.25) is 0 Å². The number of hydrogen-bond donors (Lipinski definition) is 2. The first kappa shape index (κ1) is 19.3. The molecule has 0 spiro atoms. The highest BCUT2D eigenvalue weighted by Gasteiger charge is 2.30. The number of amides is 1. The van der Waals surface area contributed by atoms with Gasteiger partial charge in [0.05, 0.1) is 5.56 Å². The van der Waals surface area contributed by atoms with Gasteiger partial charge in [-0.2, -0.15) is 13.2 Å². The first-order valence-electron chi connectivity index (χ1n) is 8.52. The van der Waals surface area contributed by atoms with Gasteiger partial charge >= 0.3 is 6.18 Å². The van der Waals surface area contributed by atoms with Crippen LogP contribution in [0.3, 0.4) is 0 Å². The molecular weight excluding hydrogens is 369 g/mol. The number of alkyl halides is 3. The molecule has 0 saturated heterocycles. The predicted molar refractivity (Wildman–Crippen MR) is 99.2 cm³/mol. The van der Waals surface area contributed by atoms with Crippen LogP contribution in [-0.4, -0.2) is 22.6 Å². The normalized spacial score (nSPS) is 11.1. The second-order valence-corrected chi connectivity index (χ2v) is 6.00. The Kier molecular flexibility index (Phi) is 5.88. The first-order valence-corrected chi connectivity index (χ1v) is 8.52. The van der Waals surface area contributed by atoms with Gasteiger partial charge in [0.25, 0.3) is 5.91 Å². The number of rotatable bonds is 6. The smallest absolute Gasteiger partial charge is 0.350 e. The molecule has 0 aliphatic carbocycles. The van der Waals surface area contributed by atoms with Gasteiger partial charge in [-0.3, -0.25) is 4.79 Å². The number of hydrogen-bond acceptors (Lipinski definition) is 4. The van der Waals surface area contributed by atoms with Crippen molar-refractivity contribution >= 4 is 17.4 Å². The monoisotopic (exact) mass is 386 g/mol. The van der Waals surface area contributed by atoms with Gasteiger partial charge in [0.1, 0.15) is 0 Å². The third-order valence-electron chi connectivity index (χ3n) is 3.90. The fourth-order valence-corrected chi connectivity index (χ4v) is 2.50. The molecule has 1 amide bonds. The molecule has 2 aromatic carbocycles. The van der Waals surface area contributed by atoms with Gasteiger partial charge in [-0.05, 0) is 42.3 Å². The van der Waals surface area contributed by atoms with Crippen molar-refractivity contribution in [1.29, 1.82) is 0 Å². The summed E-state index contributed by atoms with van der Waals surface area (Å²) in [5.74, 6) is -0.130. The molecule has 28 heavy (non-hydrogen) atoms. The summed E-state index contributed by atoms with van der Waals surface area (Å²) in [5.41, 5.74) is 0.696. The second-order valence-electron chi connectivity index (χ2n) is 6.00. The minimum atomic E-state index is -4.43. The summed E-state index contributed by atoms with van der Waals surface area (Å²) in [5, 5.41) is 13.2. The highest BCUT2D eigenvalue weighted by Crippen LogP contribution is 2.31. The van der Waals surface area contributed by atoms with E-state index in [2.05, 4.69) is 20.8 Å². The average Bonchev–Trinajstić information content (AvgIpc) is 2.69. The SMILES string of the molecule is O=C(NCCc1ccccc1)c1ccc(Nc2cccc(C(F)(F)F)c2)nn1. The maximum atomic E-state index is 12.8. The molecule has 0 bridgehead atoms. The van der Waals surface area contributed by atoms with Gasteiger partial charge in [-0.1, -0.05) is 36.4 Å². The van der Waals surface area contributed by atoms with Crippen LogP contribution in [0.25, 0.3) is 0 Å². The van der Waals surface area contributed by atoms with Crippen molar-refractivity contribution in [3.8, 4) is 0 Å². The van der Waals surface area contributed by atoms with Crippen LogP contribution in [0.1, 0.15) is 21.6 Å². The molecule has 0 unspecified atom stereocenters. The minimum absolute atomic E-state index is 0.127. The molecule has 0 aliphatic rings. The maximum absolute atomic E-state index is 12.8. The van der Waals surface area contributed by atoms with Crippen LogP contribution in [0.5, 0.6) is 0 Å². The third-order valence-corrected chi connectivity index (χ3v) is 3.90. The predicted octanol–water partition coefficient (Wildman–Crippen LogP) is 4.21. The van der Waals surface area contributed by atoms with Gasteiger partial charge in [0.2, 0.25) is 0 Å². The molecule has 0 aliphatic heterocycles. The Labute approximate surface area is 159 Å². The lowest BCUT2D eigenvalue weighted by molar-refractivity contribution is -0.137. The zero-order chi connectivity index (χ0) is 20.0. The molecule has 3 rings (SSSR count). The molecule has 3 aromatic rings. The van der Waals surface area contributed by atoms with Crippen molar-refractivity contribution < 1.29 is 18.0 Å². The Morgan fingerprint density at radius 3 is 2.39 bits per heavy atom. The van der Waals surface area contributed by atoms with Crippen molar-refractivity contribution in [1.82, 2.24) is 15.5 Å². The molecular formula is C20H17F3N4O. The first-order chi connectivity index (χ1) is 13.4. The quantitative estimate of drug-likeness (QED) is 0.666. The van der Waals surface area contributed by atoms with Gasteiger partial charge in [0.15, 0.2) is 11.5 Å². The number of halogens is 3. The Morgan fingerprint density at radius 2 is 1.71 bits per heavy atom. The average molecular weight is 386 g/mol. The second kappa shape index (κ2) is 8.51. The summed E-state index contributed by atoms with van der Waals surface area (Å²) in [6.45, 7) is 0.453. The number of aromatic nitrogens is 2. The maximum Gasteiger partial charge on any atom is 0.416 e. The summed E-state index contributed by atoms with van der Waals surface area (Å²) in [6, 6.07) is 17.4. The van der Waals surface area contributed by atoms with Crippen molar-refractivity contribution in [3.63, 3.8) is 0 Å². The largest absolute Gasteiger partial charge is 0.416 e. The number of carbonyl (C=O) groups is 1. The summed E-state index contributed by atoms with van der Waals surface area (Å²) >= 11 is 0. The van der Waals surface area contributed by atoms with Crippen molar-refractivity contribution in [2.24, 2.45) is 0 Å². The third kappa shape index (κ3) is 5.29. The molecule has 1 aromatic heterocycles. The van der Waals surface area contributed by atoms with Crippen LogP contribution in [0, 0.1) is 0 Å². The number of carbonyl (C=O) groups excluding carboxylic acids is 1. The van der Waals surface area contributed by atoms with E-state index in [4.69, 9.17) is 0 Å². The van der Waals surface area contributed by atoms with Gasteiger partial charge < -0.3 is 10.6 Å². The van der Waals surface area contributed by atoms with E-state index in [1.165, 1.54) is 24.3 Å². The molecule has 0 atom stereocenters. The summed E-state index contributed by atoms with van der Waals surface area (Å²) in [7, 11) is 0. The van der Waals surface area contributed by atoms with Crippen LogP contribution >= 0.6 is 0 Å². The Morgan fingerprint density at radius 1 is 0.929 bits per heavy atom. The zero-order valence-electron chi connectivity index (χ0n) is 14.7. The van der Waals surface area contributed by atoms with E-state index in [1.807, 2.05) is 30.3 Å². The van der Waals surface area contributed by atoms with Crippen molar-refractivity contribution in [3.05, 3.63) is 83.6 Å². The fourth-order valence-electron chi connectivity index (χ4n) is 2.50. The Balaban J connectivity index is 1.56. The van der Waals surface area contributed by atoms with E-state index in [-0.39, 0.29) is 23.1 Å². The summed E-state index contributed by atoms with van der Waals surface area (Å²) in [4.78, 5) is 12.1. The standard InChI is InChI=1S/C20H17F3N4O/c21-20(22,23)15-7-4-8-16(13-15)25-18-10-9-17(26-27-18)19(28)24-12-11-14-5-2-1-3-6-14/h1-10,13H,11-12H2,(H,24,28)(H,25,27). The molecule has 0 fully saturated rings. The van der Waals surface area contributed by atoms with E-state index >= 15 is 0 Å². The number of nitrogens with one attached hydrogen (secondary N) is 2. The van der Waals surface area contributed by atoms with Gasteiger partial charge in [-0.15, -0.1) is 10.2 Å². The van der Waals surface area contributed by atoms with E-state index in [0.29, 0.717) is 13.0 Å². The topological polar surface area (TPSA) is 66.9 Å². The van der Waals surface area contributed by atoms with Gasteiger partial charge in [0, 0.05) is 12.2 Å². The van der Waals surface area contributed by atoms with E-state index < -0.39 is 11.7 Å². The lowest BCUT2D eigenvalue weighted by Crippen LogP contribution is -2.26. The Hall–Kier alpha value is -3.42. The fraction of sp³-hybridized carbons (Fsp3) is 0.150. The summed E-state index contributed by atoms with van der Waals surface area (Å²) < 4.78 is 38.3. The van der Waals surface area contributed by atoms with Crippen LogP contribution in [0.15, 0.2) is 66.7 Å². The van der Waals surface area contributed by atoms with Crippen LogP contribution in [-0.2, 0) is 12.6 Å². The highest BCUT2D eigenvalue weighted by molar-refractivity contribution is 5.92. The Bertz CT molecular complexity index is 928. The zero-order valence-corrected chi connectivity index (χ0v) is 14.7. The van der Waals surface area contributed by atoms with Crippen LogP contribution < -0.4 is 10.6 Å². The lowest BCUT2D eigenvalue weighted by atomic mass is 10.1. The highest BCUT2D eigenvalue weighted by atomic mass is 19.4. The van der Waals surface area contributed by atoms with E-state index in [9.17, 15) is 18.0 Å². The molecule has 144 valence electrons. The number of nitrogens with zero attached hydrogens (tertiary/aromatic N) is 2. The number of anilines is 2. The van der Waals surface area contributed by atoms with Crippen LogP contribution in [0.4, 0.5) is 24.7 Å². The van der Waals surface area contributed by atoms with E-state index in [0.717, 1.165) is 17.7 Å². The minimum Gasteiger partial charge on any atom is -0.350 e. The number of benzene rings is 2. The molecule has 2 N–H and O–H groups in total. The molecule has 0 saturated carbocycles. The molecule has 0 radical (unpaired) electrons. The van der Waals surface area contributed by atoms with E-state index in [1.54, 1.807) is 0 Å². The summed E-state index contributed by atoms with van der Waals surface area (Å²) in [6.07, 6.45) is -3.74. The molecule has 1 heterocycles.